The van der Waals surface area contributed by atoms with E-state index < -0.39 is 35.1 Å². The molecule has 0 aromatic rings. The highest BCUT2D eigenvalue weighted by atomic mass is 16.6. The van der Waals surface area contributed by atoms with Crippen molar-refractivity contribution in [3.05, 3.63) is 11.6 Å². The molecule has 5 atom stereocenters. The molecule has 2 aliphatic carbocycles. The molecule has 0 spiro atoms. The summed E-state index contributed by atoms with van der Waals surface area (Å²) in [5.74, 6) is -1.40. The molecule has 1 saturated heterocycles. The molecule has 1 heterocycles. The number of esters is 2. The highest BCUT2D eigenvalue weighted by Crippen LogP contribution is 2.63. The molecule has 6 nitrogen and oxygen atoms in total. The van der Waals surface area contributed by atoms with Gasteiger partial charge in [0.25, 0.3) is 0 Å². The van der Waals surface area contributed by atoms with Crippen molar-refractivity contribution in [2.45, 2.75) is 84.0 Å². The average molecular weight is 380 g/mol. The Hall–Kier alpha value is -1.40. The Kier molecular flexibility index (Phi) is 5.19. The number of cyclic esters (lactones) is 1. The predicted octanol–water partition coefficient (Wildman–Crippen LogP) is 2.51. The van der Waals surface area contributed by atoms with E-state index in [-0.39, 0.29) is 18.0 Å². The normalized spacial score (nSPS) is 39.9. The zero-order chi connectivity index (χ0) is 20.0. The second-order valence-electron chi connectivity index (χ2n) is 9.19. The van der Waals surface area contributed by atoms with Crippen LogP contribution in [-0.4, -0.2) is 46.6 Å². The van der Waals surface area contributed by atoms with Gasteiger partial charge in [-0.15, -0.1) is 0 Å². The summed E-state index contributed by atoms with van der Waals surface area (Å²) < 4.78 is 11.0. The maximum absolute atomic E-state index is 12.5. The lowest BCUT2D eigenvalue weighted by Gasteiger charge is -2.60. The third-order valence-corrected chi connectivity index (χ3v) is 7.09. The molecule has 1 aliphatic heterocycles. The molecule has 0 aromatic heterocycles. The van der Waals surface area contributed by atoms with Crippen LogP contribution in [0.25, 0.3) is 0 Å². The third-order valence-electron chi connectivity index (χ3n) is 7.09. The van der Waals surface area contributed by atoms with Gasteiger partial charge in [-0.1, -0.05) is 40.5 Å². The minimum Gasteiger partial charge on any atom is -0.459 e. The van der Waals surface area contributed by atoms with Crippen LogP contribution < -0.4 is 0 Å². The summed E-state index contributed by atoms with van der Waals surface area (Å²) in [6, 6.07) is 0. The number of carbonyl (C=O) groups excluding carboxylic acids is 2. The van der Waals surface area contributed by atoms with Crippen LogP contribution in [0.1, 0.15) is 66.2 Å². The predicted molar refractivity (Wildman–Crippen MR) is 98.6 cm³/mol. The summed E-state index contributed by atoms with van der Waals surface area (Å²) in [5.41, 5.74) is -2.99. The van der Waals surface area contributed by atoms with Gasteiger partial charge >= 0.3 is 11.9 Å². The van der Waals surface area contributed by atoms with E-state index >= 15 is 0 Å². The van der Waals surface area contributed by atoms with E-state index in [1.54, 1.807) is 13.0 Å². The molecule has 0 amide bonds. The van der Waals surface area contributed by atoms with E-state index in [0.717, 1.165) is 19.3 Å². The Morgan fingerprint density at radius 1 is 1.33 bits per heavy atom. The van der Waals surface area contributed by atoms with Gasteiger partial charge in [0.15, 0.2) is 5.60 Å². The van der Waals surface area contributed by atoms with Gasteiger partial charge in [-0.05, 0) is 30.8 Å². The van der Waals surface area contributed by atoms with Gasteiger partial charge in [0, 0.05) is 23.3 Å². The van der Waals surface area contributed by atoms with Crippen molar-refractivity contribution in [1.82, 2.24) is 0 Å². The molecule has 27 heavy (non-hydrogen) atoms. The number of rotatable bonds is 5. The Morgan fingerprint density at radius 3 is 2.70 bits per heavy atom. The van der Waals surface area contributed by atoms with Crippen LogP contribution in [0.3, 0.4) is 0 Å². The molecule has 2 N–H and O–H groups in total. The molecular weight excluding hydrogens is 348 g/mol. The van der Waals surface area contributed by atoms with E-state index in [1.165, 1.54) is 0 Å². The molecule has 1 saturated carbocycles. The number of aliphatic hydroxyl groups excluding tert-OH is 1. The SMILES string of the molecule is CCCCCC(=O)O[C@@H]1C=C2COC(=O)[C@@]2(O)[C@@]2(C)[C@@H](O)CCC(C)(C)[C@H]12. The molecule has 0 radical (unpaired) electrons. The van der Waals surface area contributed by atoms with E-state index in [9.17, 15) is 19.8 Å². The Balaban J connectivity index is 2.00. The second kappa shape index (κ2) is 6.89. The van der Waals surface area contributed by atoms with Gasteiger partial charge in [-0.3, -0.25) is 4.79 Å². The van der Waals surface area contributed by atoms with Gasteiger partial charge in [0.1, 0.15) is 12.7 Å². The molecule has 0 aromatic carbocycles. The maximum Gasteiger partial charge on any atom is 0.343 e. The third kappa shape index (κ3) is 2.92. The lowest BCUT2D eigenvalue weighted by molar-refractivity contribution is -0.225. The number of ether oxygens (including phenoxy) is 2. The number of hydrogen-bond donors (Lipinski definition) is 2. The van der Waals surface area contributed by atoms with Crippen molar-refractivity contribution >= 4 is 11.9 Å². The van der Waals surface area contributed by atoms with Crippen molar-refractivity contribution in [2.24, 2.45) is 16.7 Å². The van der Waals surface area contributed by atoms with Crippen molar-refractivity contribution in [1.29, 1.82) is 0 Å². The first-order valence-electron chi connectivity index (χ1n) is 10.1. The lowest BCUT2D eigenvalue weighted by Crippen LogP contribution is -2.69. The monoisotopic (exact) mass is 380 g/mol. The molecular formula is C21H32O6. The average Bonchev–Trinajstić information content (AvgIpc) is 2.88. The standard InChI is InChI=1S/C21H32O6/c1-5-6-7-8-16(23)27-14-11-13-12-26-18(24)21(13,25)20(4)15(22)9-10-19(2,3)17(14)20/h11,14-15,17,22,25H,5-10,12H2,1-4H3/t14-,15+,17+,20+,21-/m1/s1. The van der Waals surface area contributed by atoms with Crippen LogP contribution >= 0.6 is 0 Å². The zero-order valence-electron chi connectivity index (χ0n) is 16.8. The van der Waals surface area contributed by atoms with Crippen LogP contribution in [0.2, 0.25) is 0 Å². The van der Waals surface area contributed by atoms with Gasteiger partial charge in [-0.2, -0.15) is 0 Å². The molecule has 3 rings (SSSR count). The fourth-order valence-electron chi connectivity index (χ4n) is 5.58. The van der Waals surface area contributed by atoms with Gasteiger partial charge in [0.2, 0.25) is 0 Å². The van der Waals surface area contributed by atoms with Crippen molar-refractivity contribution in [3.8, 4) is 0 Å². The van der Waals surface area contributed by atoms with Gasteiger partial charge < -0.3 is 19.7 Å². The Bertz CT molecular complexity index is 653. The molecule has 152 valence electrons. The Labute approximate surface area is 160 Å². The summed E-state index contributed by atoms with van der Waals surface area (Å²) in [7, 11) is 0. The first kappa shape index (κ1) is 20.3. The summed E-state index contributed by atoms with van der Waals surface area (Å²) in [6.45, 7) is 7.87. The minimum atomic E-state index is -1.88. The summed E-state index contributed by atoms with van der Waals surface area (Å²) in [6.07, 6.45) is 4.50. The van der Waals surface area contributed by atoms with Crippen molar-refractivity contribution in [2.75, 3.05) is 6.61 Å². The molecule has 0 unspecified atom stereocenters. The maximum atomic E-state index is 12.5. The number of unbranched alkanes of at least 4 members (excludes halogenated alkanes) is 2. The van der Waals surface area contributed by atoms with Crippen LogP contribution in [0.5, 0.6) is 0 Å². The largest absolute Gasteiger partial charge is 0.459 e. The number of fused-ring (bicyclic) bond motifs is 3. The highest BCUT2D eigenvalue weighted by Gasteiger charge is 2.72. The van der Waals surface area contributed by atoms with Gasteiger partial charge in [0.05, 0.1) is 6.10 Å². The summed E-state index contributed by atoms with van der Waals surface area (Å²) in [4.78, 5) is 24.9. The lowest BCUT2D eigenvalue weighted by atomic mass is 9.45. The van der Waals surface area contributed by atoms with Crippen LogP contribution in [0, 0.1) is 16.7 Å². The van der Waals surface area contributed by atoms with E-state index in [0.29, 0.717) is 24.8 Å². The van der Waals surface area contributed by atoms with Gasteiger partial charge in [-0.25, -0.2) is 4.79 Å². The number of aliphatic hydroxyl groups is 2. The summed E-state index contributed by atoms with van der Waals surface area (Å²) in [5, 5.41) is 22.3. The second-order valence-corrected chi connectivity index (χ2v) is 9.19. The quantitative estimate of drug-likeness (QED) is 0.432. The van der Waals surface area contributed by atoms with Crippen LogP contribution in [0.15, 0.2) is 11.6 Å². The zero-order valence-corrected chi connectivity index (χ0v) is 16.8. The first-order chi connectivity index (χ1) is 12.6. The van der Waals surface area contributed by atoms with Crippen LogP contribution in [-0.2, 0) is 19.1 Å². The molecule has 3 aliphatic rings. The van der Waals surface area contributed by atoms with Crippen molar-refractivity contribution < 1.29 is 29.3 Å². The fourth-order valence-corrected chi connectivity index (χ4v) is 5.58. The molecule has 0 bridgehead atoms. The van der Waals surface area contributed by atoms with E-state index in [4.69, 9.17) is 9.47 Å². The Morgan fingerprint density at radius 2 is 2.04 bits per heavy atom. The smallest absolute Gasteiger partial charge is 0.343 e. The molecule has 2 fully saturated rings. The topological polar surface area (TPSA) is 93.1 Å². The highest BCUT2D eigenvalue weighted by molar-refractivity contribution is 5.88. The fraction of sp³-hybridized carbons (Fsp3) is 0.810. The number of hydrogen-bond acceptors (Lipinski definition) is 6. The van der Waals surface area contributed by atoms with Crippen LogP contribution in [0.4, 0.5) is 0 Å². The molecule has 6 heteroatoms. The minimum absolute atomic E-state index is 0.0331. The van der Waals surface area contributed by atoms with Crippen molar-refractivity contribution in [3.63, 3.8) is 0 Å². The van der Waals surface area contributed by atoms with E-state index in [2.05, 4.69) is 6.92 Å². The number of carbonyl (C=O) groups is 2. The first-order valence-corrected chi connectivity index (χ1v) is 10.1. The van der Waals surface area contributed by atoms with E-state index in [1.807, 2.05) is 13.8 Å². The summed E-state index contributed by atoms with van der Waals surface area (Å²) >= 11 is 0.